The van der Waals surface area contributed by atoms with Gasteiger partial charge >= 0.3 is 6.18 Å². The molecule has 3 rings (SSSR count). The average Bonchev–Trinajstić information content (AvgIpc) is 3.04. The molecule has 0 N–H and O–H groups in total. The van der Waals surface area contributed by atoms with Gasteiger partial charge in [-0.3, -0.25) is 0 Å². The van der Waals surface area contributed by atoms with Crippen molar-refractivity contribution in [2.45, 2.75) is 29.8 Å². The Hall–Kier alpha value is -1.61. The molecule has 0 radical (unpaired) electrons. The van der Waals surface area contributed by atoms with Gasteiger partial charge in [-0.2, -0.15) is 13.2 Å². The molecule has 1 aromatic heterocycles. The summed E-state index contributed by atoms with van der Waals surface area (Å²) in [5.41, 5.74) is -0.261. The van der Waals surface area contributed by atoms with Gasteiger partial charge < -0.3 is 4.90 Å². The second kappa shape index (κ2) is 6.60. The molecular weight excluding hydrogens is 373 g/mol. The van der Waals surface area contributed by atoms with E-state index in [1.807, 2.05) is 4.90 Å². The highest BCUT2D eigenvalue weighted by Crippen LogP contribution is 2.37. The lowest BCUT2D eigenvalue weighted by molar-refractivity contribution is -0.140. The monoisotopic (exact) mass is 390 g/mol. The smallest absolute Gasteiger partial charge is 0.370 e. The Balaban J connectivity index is 1.87. The molecule has 0 saturated carbocycles. The van der Waals surface area contributed by atoms with Gasteiger partial charge in [0.1, 0.15) is 0 Å². The number of aromatic nitrogens is 1. The largest absolute Gasteiger partial charge is 0.434 e. The molecule has 9 heteroatoms. The van der Waals surface area contributed by atoms with Gasteiger partial charge in [0, 0.05) is 30.6 Å². The summed E-state index contributed by atoms with van der Waals surface area (Å²) in [7, 11) is -3.38. The van der Waals surface area contributed by atoms with Crippen LogP contribution in [0.5, 0.6) is 0 Å². The van der Waals surface area contributed by atoms with Crippen molar-refractivity contribution in [2.24, 2.45) is 0 Å². The molecule has 1 unspecified atom stereocenters. The molecule has 1 aliphatic rings. The first kappa shape index (κ1) is 18.2. The van der Waals surface area contributed by atoms with Gasteiger partial charge in [-0.15, -0.1) is 11.3 Å². The lowest BCUT2D eigenvalue weighted by atomic mass is 9.98. The molecule has 1 fully saturated rings. The van der Waals surface area contributed by atoms with Gasteiger partial charge in [0.05, 0.1) is 15.6 Å². The summed E-state index contributed by atoms with van der Waals surface area (Å²) in [4.78, 5) is 5.92. The number of thiazole rings is 1. The van der Waals surface area contributed by atoms with Crippen LogP contribution in [0, 0.1) is 0 Å². The fraction of sp³-hybridized carbons (Fsp3) is 0.438. The number of hydrogen-bond acceptors (Lipinski definition) is 5. The maximum atomic E-state index is 12.8. The van der Waals surface area contributed by atoms with E-state index in [1.165, 1.54) is 0 Å². The Bertz CT molecular complexity index is 862. The number of piperidine rings is 1. The van der Waals surface area contributed by atoms with Crippen molar-refractivity contribution in [3.8, 4) is 0 Å². The van der Waals surface area contributed by atoms with Gasteiger partial charge in [-0.25, -0.2) is 13.4 Å². The van der Waals surface area contributed by atoms with Crippen LogP contribution in [-0.2, 0) is 16.0 Å². The van der Waals surface area contributed by atoms with Crippen molar-refractivity contribution in [2.75, 3.05) is 24.2 Å². The third-order valence-corrected chi connectivity index (χ3v) is 6.34. The minimum atomic E-state index is -4.44. The average molecular weight is 390 g/mol. The van der Waals surface area contributed by atoms with Crippen LogP contribution in [0.2, 0.25) is 0 Å². The zero-order valence-electron chi connectivity index (χ0n) is 13.5. The Kier molecular flexibility index (Phi) is 4.80. The maximum absolute atomic E-state index is 12.8. The molecule has 0 spiro atoms. The number of hydrogen-bond donors (Lipinski definition) is 0. The first-order valence-corrected chi connectivity index (χ1v) is 10.5. The van der Waals surface area contributed by atoms with Gasteiger partial charge in [0.15, 0.2) is 15.5 Å². The van der Waals surface area contributed by atoms with Crippen LogP contribution < -0.4 is 4.90 Å². The van der Waals surface area contributed by atoms with E-state index in [2.05, 4.69) is 4.98 Å². The van der Waals surface area contributed by atoms with E-state index in [1.54, 1.807) is 24.3 Å². The van der Waals surface area contributed by atoms with Crippen molar-refractivity contribution >= 4 is 26.9 Å². The van der Waals surface area contributed by atoms with Crippen molar-refractivity contribution in [1.29, 1.82) is 0 Å². The molecular formula is C16H17F3N2O2S2. The standard InChI is InChI=1S/C16H17F3N2O2S2/c1-25(22,23)13-7-3-2-6-12(13)21-8-4-5-11(9-21)15-20-14(10-24-15)16(17,18)19/h2-3,6-7,10-11H,4-5,8-9H2,1H3. The van der Waals surface area contributed by atoms with E-state index in [0.29, 0.717) is 23.8 Å². The zero-order chi connectivity index (χ0) is 18.2. The predicted molar refractivity (Wildman–Crippen MR) is 90.9 cm³/mol. The first-order valence-electron chi connectivity index (χ1n) is 7.73. The number of nitrogens with zero attached hydrogens (tertiary/aromatic N) is 2. The molecule has 1 saturated heterocycles. The van der Waals surface area contributed by atoms with E-state index in [0.717, 1.165) is 35.8 Å². The minimum Gasteiger partial charge on any atom is -0.370 e. The van der Waals surface area contributed by atoms with Gasteiger partial charge in [0.25, 0.3) is 0 Å². The van der Waals surface area contributed by atoms with Crippen LogP contribution in [0.4, 0.5) is 18.9 Å². The van der Waals surface area contributed by atoms with E-state index in [9.17, 15) is 21.6 Å². The van der Waals surface area contributed by atoms with E-state index in [-0.39, 0.29) is 10.8 Å². The molecule has 0 amide bonds. The second-order valence-electron chi connectivity index (χ2n) is 6.09. The molecule has 2 aromatic rings. The molecule has 0 aliphatic carbocycles. The third kappa shape index (κ3) is 3.98. The van der Waals surface area contributed by atoms with Crippen LogP contribution in [0.3, 0.4) is 0 Å². The van der Waals surface area contributed by atoms with Crippen molar-refractivity contribution in [3.05, 3.63) is 40.3 Å². The summed E-state index contributed by atoms with van der Waals surface area (Å²) in [5.74, 6) is -0.137. The van der Waals surface area contributed by atoms with Crippen LogP contribution in [0.15, 0.2) is 34.5 Å². The minimum absolute atomic E-state index is 0.137. The van der Waals surface area contributed by atoms with Crippen LogP contribution >= 0.6 is 11.3 Å². The number of benzene rings is 1. The topological polar surface area (TPSA) is 50.3 Å². The third-order valence-electron chi connectivity index (χ3n) is 4.19. The summed E-state index contributed by atoms with van der Waals surface area (Å²) in [5, 5.41) is 1.49. The highest BCUT2D eigenvalue weighted by molar-refractivity contribution is 7.90. The molecule has 25 heavy (non-hydrogen) atoms. The highest BCUT2D eigenvalue weighted by atomic mass is 32.2. The molecule has 1 atom stereocenters. The van der Waals surface area contributed by atoms with E-state index in [4.69, 9.17) is 0 Å². The molecule has 4 nitrogen and oxygen atoms in total. The number of para-hydroxylation sites is 1. The Morgan fingerprint density at radius 3 is 2.64 bits per heavy atom. The van der Waals surface area contributed by atoms with Crippen molar-refractivity contribution < 1.29 is 21.6 Å². The van der Waals surface area contributed by atoms with E-state index < -0.39 is 21.7 Å². The summed E-state index contributed by atoms with van der Waals surface area (Å²) in [6.45, 7) is 1.12. The fourth-order valence-electron chi connectivity index (χ4n) is 3.03. The molecule has 0 bridgehead atoms. The molecule has 1 aromatic carbocycles. The summed E-state index contributed by atoms with van der Waals surface area (Å²) in [6, 6.07) is 6.72. The number of sulfone groups is 1. The van der Waals surface area contributed by atoms with E-state index >= 15 is 0 Å². The fourth-order valence-corrected chi connectivity index (χ4v) is 4.89. The summed E-state index contributed by atoms with van der Waals surface area (Å²) < 4.78 is 62.3. The van der Waals surface area contributed by atoms with Crippen molar-refractivity contribution in [3.63, 3.8) is 0 Å². The summed E-state index contributed by atoms with van der Waals surface area (Å²) >= 11 is 1.01. The van der Waals surface area contributed by atoms with Gasteiger partial charge in [-0.1, -0.05) is 12.1 Å². The van der Waals surface area contributed by atoms with Crippen LogP contribution in [0.25, 0.3) is 0 Å². The molecule has 2 heterocycles. The Labute approximate surface area is 148 Å². The van der Waals surface area contributed by atoms with Gasteiger partial charge in [-0.05, 0) is 25.0 Å². The van der Waals surface area contributed by atoms with Crippen LogP contribution in [0.1, 0.15) is 29.5 Å². The van der Waals surface area contributed by atoms with Crippen molar-refractivity contribution in [1.82, 2.24) is 4.98 Å². The molecule has 1 aliphatic heterocycles. The van der Waals surface area contributed by atoms with Crippen LogP contribution in [-0.4, -0.2) is 32.7 Å². The predicted octanol–water partition coefficient (Wildman–Crippen LogP) is 3.95. The normalized spacial score (nSPS) is 19.2. The lowest BCUT2D eigenvalue weighted by Gasteiger charge is -2.34. The lowest BCUT2D eigenvalue weighted by Crippen LogP contribution is -2.35. The summed E-state index contributed by atoms with van der Waals surface area (Å²) in [6.07, 6.45) is -1.78. The quantitative estimate of drug-likeness (QED) is 0.796. The number of anilines is 1. The second-order valence-corrected chi connectivity index (χ2v) is 8.97. The first-order chi connectivity index (χ1) is 11.7. The SMILES string of the molecule is CS(=O)(=O)c1ccccc1N1CCCC(c2nc(C(F)(F)F)cs2)C1. The highest BCUT2D eigenvalue weighted by Gasteiger charge is 2.35. The zero-order valence-corrected chi connectivity index (χ0v) is 15.1. The van der Waals surface area contributed by atoms with Gasteiger partial charge in [0.2, 0.25) is 0 Å². The maximum Gasteiger partial charge on any atom is 0.434 e. The molecule has 136 valence electrons. The number of alkyl halides is 3. The number of rotatable bonds is 3. The Morgan fingerprint density at radius 1 is 1.28 bits per heavy atom. The number of halogens is 3. The Morgan fingerprint density at radius 2 is 2.00 bits per heavy atom.